The number of hydrogen-bond donors (Lipinski definition) is 1. The van der Waals surface area contributed by atoms with E-state index in [1.54, 1.807) is 7.11 Å². The lowest BCUT2D eigenvalue weighted by Gasteiger charge is -2.50. The lowest BCUT2D eigenvalue weighted by atomic mass is 9.77. The zero-order valence-electron chi connectivity index (χ0n) is 13.5. The van der Waals surface area contributed by atoms with Gasteiger partial charge in [-0.05, 0) is 26.2 Å². The molecule has 5 heteroatoms. The number of nitrogens with zero attached hydrogens (tertiary/aromatic N) is 1. The Labute approximate surface area is 127 Å². The highest BCUT2D eigenvalue weighted by Gasteiger charge is 2.52. The van der Waals surface area contributed by atoms with Crippen LogP contribution in [0.5, 0.6) is 0 Å². The first kappa shape index (κ1) is 16.3. The van der Waals surface area contributed by atoms with Crippen LogP contribution in [0.4, 0.5) is 0 Å². The summed E-state index contributed by atoms with van der Waals surface area (Å²) in [6.07, 6.45) is 6.26. The van der Waals surface area contributed by atoms with Gasteiger partial charge in [-0.25, -0.2) is 0 Å². The van der Waals surface area contributed by atoms with E-state index in [0.717, 1.165) is 38.5 Å². The lowest BCUT2D eigenvalue weighted by molar-refractivity contribution is -0.162. The molecule has 2 atom stereocenters. The summed E-state index contributed by atoms with van der Waals surface area (Å²) >= 11 is 0. The first-order chi connectivity index (χ1) is 10.0. The number of carbonyl (C=O) groups is 2. The van der Waals surface area contributed by atoms with Gasteiger partial charge in [0.15, 0.2) is 0 Å². The van der Waals surface area contributed by atoms with Gasteiger partial charge in [0.2, 0.25) is 11.8 Å². The van der Waals surface area contributed by atoms with Crippen LogP contribution in [0.1, 0.15) is 58.8 Å². The second-order valence-corrected chi connectivity index (χ2v) is 6.40. The Morgan fingerprint density at radius 3 is 2.57 bits per heavy atom. The maximum atomic E-state index is 12.8. The van der Waals surface area contributed by atoms with Gasteiger partial charge < -0.3 is 15.0 Å². The van der Waals surface area contributed by atoms with Gasteiger partial charge in [0.25, 0.3) is 0 Å². The number of methoxy groups -OCH3 is 1. The van der Waals surface area contributed by atoms with Gasteiger partial charge in [-0.1, -0.05) is 32.6 Å². The number of rotatable bonds is 5. The van der Waals surface area contributed by atoms with E-state index in [9.17, 15) is 9.59 Å². The Hall–Kier alpha value is -1.10. The monoisotopic (exact) mass is 296 g/mol. The molecule has 1 heterocycles. The van der Waals surface area contributed by atoms with Crippen molar-refractivity contribution in [1.29, 1.82) is 0 Å². The molecule has 2 amide bonds. The number of carbonyl (C=O) groups excluding carboxylic acids is 2. The van der Waals surface area contributed by atoms with E-state index in [1.165, 1.54) is 0 Å². The molecule has 120 valence electrons. The molecule has 1 aliphatic carbocycles. The molecule has 0 bridgehead atoms. The van der Waals surface area contributed by atoms with Crippen LogP contribution in [0, 0.1) is 0 Å². The lowest BCUT2D eigenvalue weighted by Crippen LogP contribution is -2.71. The van der Waals surface area contributed by atoms with Crippen LogP contribution in [0.15, 0.2) is 0 Å². The quantitative estimate of drug-likeness (QED) is 0.842. The van der Waals surface area contributed by atoms with Crippen LogP contribution in [-0.2, 0) is 14.3 Å². The van der Waals surface area contributed by atoms with Crippen molar-refractivity contribution in [3.05, 3.63) is 0 Å². The molecule has 1 N–H and O–H groups in total. The van der Waals surface area contributed by atoms with Crippen molar-refractivity contribution in [3.8, 4) is 0 Å². The van der Waals surface area contributed by atoms with E-state index in [2.05, 4.69) is 5.32 Å². The van der Waals surface area contributed by atoms with Gasteiger partial charge in [-0.15, -0.1) is 0 Å². The molecule has 1 saturated carbocycles. The molecular weight excluding hydrogens is 268 g/mol. The third-order valence-electron chi connectivity index (χ3n) is 4.91. The van der Waals surface area contributed by atoms with Gasteiger partial charge in [0.05, 0.1) is 6.10 Å². The van der Waals surface area contributed by atoms with Crippen molar-refractivity contribution in [2.45, 2.75) is 76.5 Å². The van der Waals surface area contributed by atoms with Gasteiger partial charge in [0.1, 0.15) is 11.6 Å². The highest BCUT2D eigenvalue weighted by molar-refractivity contribution is 5.99. The summed E-state index contributed by atoms with van der Waals surface area (Å²) in [6.45, 7) is 4.49. The van der Waals surface area contributed by atoms with Crippen LogP contribution in [0.2, 0.25) is 0 Å². The zero-order valence-corrected chi connectivity index (χ0v) is 13.5. The summed E-state index contributed by atoms with van der Waals surface area (Å²) in [4.78, 5) is 27.4. The first-order valence-electron chi connectivity index (χ1n) is 8.20. The fourth-order valence-electron chi connectivity index (χ4n) is 3.59. The van der Waals surface area contributed by atoms with Crippen molar-refractivity contribution >= 4 is 11.8 Å². The van der Waals surface area contributed by atoms with E-state index in [0.29, 0.717) is 13.0 Å². The Morgan fingerprint density at radius 1 is 1.33 bits per heavy atom. The molecule has 1 aliphatic heterocycles. The van der Waals surface area contributed by atoms with Crippen molar-refractivity contribution < 1.29 is 14.3 Å². The number of nitrogens with one attached hydrogen (secondary N) is 1. The molecule has 2 unspecified atom stereocenters. The van der Waals surface area contributed by atoms with Crippen LogP contribution in [0.3, 0.4) is 0 Å². The predicted octanol–water partition coefficient (Wildman–Crippen LogP) is 1.85. The average Bonchev–Trinajstić information content (AvgIpc) is 2.50. The summed E-state index contributed by atoms with van der Waals surface area (Å²) < 4.78 is 5.34. The number of amides is 2. The van der Waals surface area contributed by atoms with Gasteiger partial charge in [0, 0.05) is 13.7 Å². The number of hydrogen-bond acceptors (Lipinski definition) is 3. The average molecular weight is 296 g/mol. The molecule has 0 radical (unpaired) electrons. The smallest absolute Gasteiger partial charge is 0.246 e. The summed E-state index contributed by atoms with van der Waals surface area (Å²) in [5.41, 5.74) is -0.633. The minimum Gasteiger partial charge on any atom is -0.380 e. The van der Waals surface area contributed by atoms with E-state index < -0.39 is 5.54 Å². The van der Waals surface area contributed by atoms with Crippen molar-refractivity contribution in [2.75, 3.05) is 13.7 Å². The SMILES string of the molecule is CCCC1NC(=O)C2(CCCCC2)N(CC(C)OC)C1=O. The van der Waals surface area contributed by atoms with E-state index in [-0.39, 0.29) is 24.0 Å². The van der Waals surface area contributed by atoms with Crippen molar-refractivity contribution in [1.82, 2.24) is 10.2 Å². The fraction of sp³-hybridized carbons (Fsp3) is 0.875. The van der Waals surface area contributed by atoms with Crippen LogP contribution >= 0.6 is 0 Å². The van der Waals surface area contributed by atoms with Gasteiger partial charge >= 0.3 is 0 Å². The van der Waals surface area contributed by atoms with Crippen LogP contribution in [-0.4, -0.2) is 48.1 Å². The maximum absolute atomic E-state index is 12.8. The maximum Gasteiger partial charge on any atom is 0.246 e. The third-order valence-corrected chi connectivity index (χ3v) is 4.91. The highest BCUT2D eigenvalue weighted by atomic mass is 16.5. The Balaban J connectivity index is 2.28. The fourth-order valence-corrected chi connectivity index (χ4v) is 3.59. The second-order valence-electron chi connectivity index (χ2n) is 6.40. The Bertz CT molecular complexity index is 391. The predicted molar refractivity (Wildman–Crippen MR) is 80.8 cm³/mol. The topological polar surface area (TPSA) is 58.6 Å². The Kier molecular flexibility index (Phi) is 5.25. The molecule has 5 nitrogen and oxygen atoms in total. The largest absolute Gasteiger partial charge is 0.380 e. The van der Waals surface area contributed by atoms with Gasteiger partial charge in [-0.3, -0.25) is 9.59 Å². The van der Waals surface area contributed by atoms with E-state index >= 15 is 0 Å². The molecule has 1 spiro atoms. The molecule has 0 aromatic carbocycles. The molecule has 2 rings (SSSR count). The third kappa shape index (κ3) is 3.07. The van der Waals surface area contributed by atoms with Crippen molar-refractivity contribution in [2.24, 2.45) is 0 Å². The van der Waals surface area contributed by atoms with Gasteiger partial charge in [-0.2, -0.15) is 0 Å². The van der Waals surface area contributed by atoms with Crippen LogP contribution < -0.4 is 5.32 Å². The summed E-state index contributed by atoms with van der Waals surface area (Å²) in [5.74, 6) is 0.116. The molecule has 21 heavy (non-hydrogen) atoms. The molecule has 2 fully saturated rings. The molecule has 0 aromatic rings. The molecule has 2 aliphatic rings. The first-order valence-corrected chi connectivity index (χ1v) is 8.20. The molecule has 1 saturated heterocycles. The summed E-state index contributed by atoms with van der Waals surface area (Å²) in [5, 5.41) is 2.98. The minimum atomic E-state index is -0.633. The van der Waals surface area contributed by atoms with Crippen molar-refractivity contribution in [3.63, 3.8) is 0 Å². The zero-order chi connectivity index (χ0) is 15.5. The number of ether oxygens (including phenoxy) is 1. The normalized spacial score (nSPS) is 26.8. The number of piperazine rings is 1. The summed E-state index contributed by atoms with van der Waals surface area (Å²) in [7, 11) is 1.65. The highest BCUT2D eigenvalue weighted by Crippen LogP contribution is 2.37. The molecular formula is C16H28N2O3. The summed E-state index contributed by atoms with van der Waals surface area (Å²) in [6, 6.07) is -0.362. The Morgan fingerprint density at radius 2 is 2.00 bits per heavy atom. The van der Waals surface area contributed by atoms with Crippen LogP contribution in [0.25, 0.3) is 0 Å². The minimum absolute atomic E-state index is 0.0450. The standard InChI is InChI=1S/C16H28N2O3/c1-4-8-13-14(19)18(11-12(2)21-3)16(15(20)17-13)9-6-5-7-10-16/h12-13H,4-11H2,1-3H3,(H,17,20). The van der Waals surface area contributed by atoms with E-state index in [1.807, 2.05) is 18.7 Å². The second kappa shape index (κ2) is 6.77. The molecule has 0 aromatic heterocycles. The van der Waals surface area contributed by atoms with E-state index in [4.69, 9.17) is 4.74 Å².